The molecule has 1 N–H and O–H groups in total. The molecule has 0 aliphatic heterocycles. The van der Waals surface area contributed by atoms with Crippen molar-refractivity contribution in [3.05, 3.63) is 114 Å². The van der Waals surface area contributed by atoms with E-state index in [1.807, 2.05) is 42.5 Å². The normalized spacial score (nSPS) is 10.7. The van der Waals surface area contributed by atoms with Gasteiger partial charge in [0.15, 0.2) is 11.5 Å². The summed E-state index contributed by atoms with van der Waals surface area (Å²) in [5.41, 5.74) is 2.75. The van der Waals surface area contributed by atoms with Crippen molar-refractivity contribution < 1.29 is 14.3 Å². The summed E-state index contributed by atoms with van der Waals surface area (Å²) >= 11 is 0. The number of ether oxygens (including phenoxy) is 2. The second kappa shape index (κ2) is 9.63. The van der Waals surface area contributed by atoms with Gasteiger partial charge in [-0.3, -0.25) is 18.9 Å². The Kier molecular flexibility index (Phi) is 6.07. The van der Waals surface area contributed by atoms with Crippen LogP contribution in [-0.2, 0) is 4.79 Å². The van der Waals surface area contributed by atoms with Gasteiger partial charge < -0.3 is 14.8 Å². The minimum atomic E-state index is -0.335. The Morgan fingerprint density at radius 2 is 1.64 bits per heavy atom. The van der Waals surface area contributed by atoms with Crippen LogP contribution in [0, 0.1) is 0 Å². The number of nitrogens with zero attached hydrogens (tertiary/aromatic N) is 3. The van der Waals surface area contributed by atoms with Crippen LogP contribution in [0.4, 0.5) is 5.69 Å². The van der Waals surface area contributed by atoms with E-state index in [0.29, 0.717) is 45.3 Å². The van der Waals surface area contributed by atoms with E-state index >= 15 is 0 Å². The zero-order chi connectivity index (χ0) is 25.1. The van der Waals surface area contributed by atoms with Crippen molar-refractivity contribution in [2.75, 3.05) is 12.4 Å². The first kappa shape index (κ1) is 22.7. The predicted molar refractivity (Wildman–Crippen MR) is 139 cm³/mol. The van der Waals surface area contributed by atoms with Gasteiger partial charge in [0, 0.05) is 18.0 Å². The minimum Gasteiger partial charge on any atom is -0.493 e. The number of hydrogen-bond donors (Lipinski definition) is 1. The van der Waals surface area contributed by atoms with Gasteiger partial charge in [-0.05, 0) is 54.6 Å². The summed E-state index contributed by atoms with van der Waals surface area (Å²) in [6.07, 6.45) is 4.47. The molecule has 0 radical (unpaired) electrons. The molecule has 0 fully saturated rings. The third-order valence-corrected chi connectivity index (χ3v) is 5.57. The number of anilines is 1. The van der Waals surface area contributed by atoms with Crippen molar-refractivity contribution >= 4 is 22.6 Å². The number of rotatable bonds is 7. The average molecular weight is 479 g/mol. The van der Waals surface area contributed by atoms with Crippen molar-refractivity contribution in [2.45, 2.75) is 0 Å². The molecule has 5 rings (SSSR count). The van der Waals surface area contributed by atoms with Gasteiger partial charge in [-0.25, -0.2) is 4.79 Å². The summed E-state index contributed by atoms with van der Waals surface area (Å²) in [6.45, 7) is 3.48. The molecule has 0 aliphatic carbocycles. The van der Waals surface area contributed by atoms with Gasteiger partial charge in [-0.15, -0.1) is 0 Å². The van der Waals surface area contributed by atoms with Gasteiger partial charge >= 0.3 is 5.69 Å². The number of nitrogens with one attached hydrogen (secondary N) is 1. The van der Waals surface area contributed by atoms with Crippen LogP contribution in [0.3, 0.4) is 0 Å². The lowest BCUT2D eigenvalue weighted by molar-refractivity contribution is -0.111. The monoisotopic (exact) mass is 478 g/mol. The number of aromatic nitrogens is 3. The van der Waals surface area contributed by atoms with E-state index in [1.54, 1.807) is 65.0 Å². The van der Waals surface area contributed by atoms with E-state index < -0.39 is 0 Å². The Bertz CT molecular complexity index is 1650. The number of carbonyl (C=O) groups excluding carboxylic acids is 1. The molecule has 8 nitrogen and oxygen atoms in total. The quantitative estimate of drug-likeness (QED) is 0.329. The van der Waals surface area contributed by atoms with Crippen LogP contribution >= 0.6 is 0 Å². The van der Waals surface area contributed by atoms with Gasteiger partial charge in [0.25, 0.3) is 0 Å². The smallest absolute Gasteiger partial charge is 0.338 e. The average Bonchev–Trinajstić information content (AvgIpc) is 3.21. The maximum Gasteiger partial charge on any atom is 0.338 e. The first-order valence-electron chi connectivity index (χ1n) is 11.1. The third kappa shape index (κ3) is 4.23. The van der Waals surface area contributed by atoms with Gasteiger partial charge in [-0.1, -0.05) is 30.8 Å². The Labute approximate surface area is 206 Å². The van der Waals surface area contributed by atoms with E-state index in [-0.39, 0.29) is 11.6 Å². The minimum absolute atomic E-state index is 0.292. The van der Waals surface area contributed by atoms with Crippen molar-refractivity contribution in [1.82, 2.24) is 14.1 Å². The summed E-state index contributed by atoms with van der Waals surface area (Å²) in [7, 11) is 1.58. The highest BCUT2D eigenvalue weighted by Crippen LogP contribution is 2.32. The molecule has 0 atom stereocenters. The summed E-state index contributed by atoms with van der Waals surface area (Å²) < 4.78 is 14.6. The number of para-hydroxylation sites is 2. The number of hydrogen-bond acceptors (Lipinski definition) is 5. The molecular weight excluding hydrogens is 456 g/mol. The molecular formula is C28H22N4O4. The number of methoxy groups -OCH3 is 1. The highest BCUT2D eigenvalue weighted by Gasteiger charge is 2.17. The second-order valence-electron chi connectivity index (χ2n) is 7.81. The summed E-state index contributed by atoms with van der Waals surface area (Å²) in [4.78, 5) is 29.8. The van der Waals surface area contributed by atoms with Crippen LogP contribution in [0.5, 0.6) is 17.2 Å². The van der Waals surface area contributed by atoms with Crippen LogP contribution in [0.15, 0.2) is 109 Å². The highest BCUT2D eigenvalue weighted by atomic mass is 16.5. The molecule has 2 aromatic heterocycles. The Hall–Kier alpha value is -5.11. The largest absolute Gasteiger partial charge is 0.493 e. The molecule has 0 unspecified atom stereocenters. The number of carbonyl (C=O) groups is 1. The van der Waals surface area contributed by atoms with Crippen molar-refractivity contribution in [3.8, 4) is 28.6 Å². The van der Waals surface area contributed by atoms with Crippen LogP contribution in [0.1, 0.15) is 0 Å². The summed E-state index contributed by atoms with van der Waals surface area (Å²) in [5, 5.41) is 2.73. The van der Waals surface area contributed by atoms with Gasteiger partial charge in [0.2, 0.25) is 5.91 Å². The number of benzene rings is 3. The van der Waals surface area contributed by atoms with Gasteiger partial charge in [0.1, 0.15) is 5.75 Å². The van der Waals surface area contributed by atoms with Gasteiger partial charge in [0.05, 0.1) is 35.7 Å². The molecule has 0 spiro atoms. The Balaban J connectivity index is 1.62. The zero-order valence-electron chi connectivity index (χ0n) is 19.4. The first-order chi connectivity index (χ1) is 17.6. The van der Waals surface area contributed by atoms with Crippen LogP contribution < -0.4 is 20.5 Å². The molecule has 36 heavy (non-hydrogen) atoms. The summed E-state index contributed by atoms with van der Waals surface area (Å²) in [6, 6.07) is 23.4. The topological polar surface area (TPSA) is 87.4 Å². The molecule has 3 aromatic carbocycles. The van der Waals surface area contributed by atoms with Gasteiger partial charge in [-0.2, -0.15) is 0 Å². The lowest BCUT2D eigenvalue weighted by atomic mass is 10.2. The molecule has 178 valence electrons. The molecule has 8 heteroatoms. The number of imidazole rings is 1. The van der Waals surface area contributed by atoms with E-state index in [9.17, 15) is 9.59 Å². The molecule has 0 bridgehead atoms. The molecule has 2 heterocycles. The summed E-state index contributed by atoms with van der Waals surface area (Å²) in [5.74, 6) is 1.37. The van der Waals surface area contributed by atoms with E-state index in [1.165, 1.54) is 6.08 Å². The second-order valence-corrected chi connectivity index (χ2v) is 7.81. The zero-order valence-corrected chi connectivity index (χ0v) is 19.4. The van der Waals surface area contributed by atoms with Crippen LogP contribution in [0.25, 0.3) is 22.4 Å². The Morgan fingerprint density at radius 3 is 2.42 bits per heavy atom. The number of fused-ring (bicyclic) bond motifs is 1. The fourth-order valence-corrected chi connectivity index (χ4v) is 3.98. The Morgan fingerprint density at radius 1 is 0.917 bits per heavy atom. The molecule has 5 aromatic rings. The van der Waals surface area contributed by atoms with Crippen molar-refractivity contribution in [1.29, 1.82) is 0 Å². The van der Waals surface area contributed by atoms with E-state index in [4.69, 9.17) is 9.47 Å². The maximum absolute atomic E-state index is 13.8. The van der Waals surface area contributed by atoms with Crippen LogP contribution in [0.2, 0.25) is 0 Å². The lowest BCUT2D eigenvalue weighted by Gasteiger charge is -2.11. The van der Waals surface area contributed by atoms with Crippen molar-refractivity contribution in [2.24, 2.45) is 0 Å². The fraction of sp³-hybridized carbons (Fsp3) is 0.0357. The standard InChI is InChI=1S/C28H22N4O4/c1-3-27(33)30-19-8-6-9-20(16-19)31-23-14-15-29-18-24(23)32(28(31)34)21-10-7-11-22(17-21)36-26-13-5-4-12-25(26)35-2/h3-18H,1H2,2H3,(H,30,33). The lowest BCUT2D eigenvalue weighted by Crippen LogP contribution is -2.22. The molecule has 0 saturated heterocycles. The highest BCUT2D eigenvalue weighted by molar-refractivity contribution is 5.99. The predicted octanol–water partition coefficient (Wildman–Crippen LogP) is 5.10. The van der Waals surface area contributed by atoms with E-state index in [2.05, 4.69) is 16.9 Å². The number of amides is 1. The fourth-order valence-electron chi connectivity index (χ4n) is 3.98. The van der Waals surface area contributed by atoms with Crippen LogP contribution in [-0.4, -0.2) is 27.1 Å². The first-order valence-corrected chi connectivity index (χ1v) is 11.1. The molecule has 1 amide bonds. The van der Waals surface area contributed by atoms with E-state index in [0.717, 1.165) is 0 Å². The maximum atomic E-state index is 13.8. The van der Waals surface area contributed by atoms with Crippen molar-refractivity contribution in [3.63, 3.8) is 0 Å². The molecule has 0 saturated carbocycles. The SMILES string of the molecule is C=CC(=O)Nc1cccc(-n2c(=O)n(-c3cccc(Oc4ccccc4OC)c3)c3cnccc32)c1. The molecule has 0 aliphatic rings. The number of pyridine rings is 1. The third-order valence-electron chi connectivity index (χ3n) is 5.57.